The first-order chi connectivity index (χ1) is 9.81. The third-order valence-electron chi connectivity index (χ3n) is 4.26. The van der Waals surface area contributed by atoms with Crippen LogP contribution < -0.4 is 10.6 Å². The van der Waals surface area contributed by atoms with Crippen molar-refractivity contribution in [3.8, 4) is 0 Å². The van der Waals surface area contributed by atoms with Crippen LogP contribution in [0.4, 0.5) is 10.8 Å². The molecule has 21 heavy (non-hydrogen) atoms. The van der Waals surface area contributed by atoms with Crippen LogP contribution in [-0.4, -0.2) is 41.8 Å². The Morgan fingerprint density at radius 3 is 2.76 bits per heavy atom. The summed E-state index contributed by atoms with van der Waals surface area (Å²) in [6.07, 6.45) is 3.60. The number of nitrogens with two attached hydrogens (primary N) is 1. The Bertz CT molecular complexity index is 635. The molecule has 2 heterocycles. The van der Waals surface area contributed by atoms with E-state index in [-0.39, 0.29) is 16.0 Å². The predicted octanol–water partition coefficient (Wildman–Crippen LogP) is 1.40. The molecule has 1 aliphatic carbocycles. The molecular formula is C13H21N3O3S2. The van der Waals surface area contributed by atoms with Gasteiger partial charge in [-0.1, -0.05) is 0 Å². The molecular weight excluding hydrogens is 310 g/mol. The number of nitrogens with zero attached hydrogens (tertiary/aromatic N) is 2. The molecule has 2 aliphatic rings. The summed E-state index contributed by atoms with van der Waals surface area (Å²) in [5.74, 6) is 0.123. The molecule has 0 aromatic carbocycles. The minimum absolute atomic E-state index is 0.123. The highest BCUT2D eigenvalue weighted by atomic mass is 32.2. The van der Waals surface area contributed by atoms with Crippen LogP contribution in [0, 0.1) is 0 Å². The number of sulfone groups is 1. The Kier molecular flexibility index (Phi) is 3.66. The van der Waals surface area contributed by atoms with Crippen molar-refractivity contribution in [1.29, 1.82) is 0 Å². The maximum absolute atomic E-state index is 12.6. The molecule has 1 atom stereocenters. The van der Waals surface area contributed by atoms with Crippen LogP contribution in [0.15, 0.2) is 4.90 Å². The lowest BCUT2D eigenvalue weighted by atomic mass is 9.98. The Hall–Kier alpha value is -0.860. The molecule has 6 nitrogen and oxygen atoms in total. The molecule has 0 radical (unpaired) electrons. The molecule has 1 aliphatic heterocycles. The first-order valence-corrected chi connectivity index (χ1v) is 9.60. The lowest BCUT2D eigenvalue weighted by Crippen LogP contribution is -2.28. The summed E-state index contributed by atoms with van der Waals surface area (Å²) in [5.41, 5.74) is 5.16. The summed E-state index contributed by atoms with van der Waals surface area (Å²) in [4.78, 5) is 2.24. The van der Waals surface area contributed by atoms with Crippen molar-refractivity contribution in [2.75, 3.05) is 23.7 Å². The van der Waals surface area contributed by atoms with Gasteiger partial charge in [0.25, 0.3) is 0 Å². The number of hydrogen-bond acceptors (Lipinski definition) is 7. The lowest BCUT2D eigenvalue weighted by Gasteiger charge is -2.23. The molecule has 1 saturated heterocycles. The summed E-state index contributed by atoms with van der Waals surface area (Å²) >= 11 is 1.15. The van der Waals surface area contributed by atoms with Gasteiger partial charge in [-0.2, -0.15) is 4.37 Å². The molecule has 3 rings (SSSR count). The van der Waals surface area contributed by atoms with E-state index in [0.717, 1.165) is 30.9 Å². The van der Waals surface area contributed by atoms with Crippen LogP contribution in [0.5, 0.6) is 0 Å². The highest BCUT2D eigenvalue weighted by Crippen LogP contribution is 2.43. The van der Waals surface area contributed by atoms with E-state index >= 15 is 0 Å². The SMILES string of the molecule is CC1(O)CCCN(c2snc(N)c2S(=O)(=O)C2CC2)CC1. The van der Waals surface area contributed by atoms with Gasteiger partial charge in [0, 0.05) is 13.1 Å². The van der Waals surface area contributed by atoms with Gasteiger partial charge in [0.1, 0.15) is 9.90 Å². The van der Waals surface area contributed by atoms with Gasteiger partial charge in [0.15, 0.2) is 15.7 Å². The lowest BCUT2D eigenvalue weighted by molar-refractivity contribution is 0.0481. The highest BCUT2D eigenvalue weighted by molar-refractivity contribution is 7.92. The molecule has 0 bridgehead atoms. The second-order valence-corrected chi connectivity index (χ2v) is 9.20. The van der Waals surface area contributed by atoms with Gasteiger partial charge in [-0.25, -0.2) is 8.42 Å². The standard InChI is InChI=1S/C13H21N3O3S2/c1-13(17)5-2-7-16(8-6-13)12-10(11(14)15-20-12)21(18,19)9-3-4-9/h9,17H,2-8H2,1H3,(H2,14,15). The smallest absolute Gasteiger partial charge is 0.187 e. The summed E-state index contributed by atoms with van der Waals surface area (Å²) in [6.45, 7) is 3.19. The summed E-state index contributed by atoms with van der Waals surface area (Å²) in [7, 11) is -3.36. The van der Waals surface area contributed by atoms with Crippen LogP contribution in [0.1, 0.15) is 39.0 Å². The van der Waals surface area contributed by atoms with Crippen molar-refractivity contribution in [3.05, 3.63) is 0 Å². The average Bonchev–Trinajstić information content (AvgIpc) is 3.18. The topological polar surface area (TPSA) is 96.5 Å². The highest BCUT2D eigenvalue weighted by Gasteiger charge is 2.42. The molecule has 1 aromatic rings. The van der Waals surface area contributed by atoms with Gasteiger partial charge in [0.05, 0.1) is 10.9 Å². The van der Waals surface area contributed by atoms with E-state index in [9.17, 15) is 13.5 Å². The molecule has 8 heteroatoms. The second-order valence-electron chi connectivity index (χ2n) is 6.28. The number of rotatable bonds is 3. The number of aliphatic hydroxyl groups is 1. The molecule has 3 N–H and O–H groups in total. The van der Waals surface area contributed by atoms with Gasteiger partial charge >= 0.3 is 0 Å². The van der Waals surface area contributed by atoms with E-state index in [4.69, 9.17) is 5.73 Å². The van der Waals surface area contributed by atoms with Crippen molar-refractivity contribution in [1.82, 2.24) is 4.37 Å². The zero-order chi connectivity index (χ0) is 15.3. The zero-order valence-corrected chi connectivity index (χ0v) is 13.7. The normalized spacial score (nSPS) is 27.6. The van der Waals surface area contributed by atoms with Gasteiger partial charge in [0.2, 0.25) is 0 Å². The fourth-order valence-electron chi connectivity index (χ4n) is 2.77. The van der Waals surface area contributed by atoms with Crippen molar-refractivity contribution >= 4 is 32.2 Å². The van der Waals surface area contributed by atoms with Crippen LogP contribution in [-0.2, 0) is 9.84 Å². The van der Waals surface area contributed by atoms with Gasteiger partial charge in [-0.15, -0.1) is 0 Å². The molecule has 0 amide bonds. The summed E-state index contributed by atoms with van der Waals surface area (Å²) in [5, 5.41) is 10.5. The van der Waals surface area contributed by atoms with Gasteiger partial charge in [-0.05, 0) is 50.6 Å². The molecule has 1 aromatic heterocycles. The van der Waals surface area contributed by atoms with E-state index in [1.54, 1.807) is 0 Å². The fraction of sp³-hybridized carbons (Fsp3) is 0.769. The van der Waals surface area contributed by atoms with Crippen molar-refractivity contribution in [2.24, 2.45) is 0 Å². The van der Waals surface area contributed by atoms with Crippen LogP contribution in [0.3, 0.4) is 0 Å². The average molecular weight is 331 g/mol. The number of nitrogen functional groups attached to an aromatic ring is 1. The third kappa shape index (κ3) is 2.89. The largest absolute Gasteiger partial charge is 0.390 e. The first-order valence-electron chi connectivity index (χ1n) is 7.28. The van der Waals surface area contributed by atoms with Crippen LogP contribution in [0.25, 0.3) is 0 Å². The Morgan fingerprint density at radius 1 is 1.38 bits per heavy atom. The van der Waals surface area contributed by atoms with Crippen molar-refractivity contribution < 1.29 is 13.5 Å². The quantitative estimate of drug-likeness (QED) is 0.869. The molecule has 2 fully saturated rings. The zero-order valence-electron chi connectivity index (χ0n) is 12.1. The monoisotopic (exact) mass is 331 g/mol. The minimum Gasteiger partial charge on any atom is -0.390 e. The molecule has 118 valence electrons. The second kappa shape index (κ2) is 5.10. The fourth-order valence-corrected chi connectivity index (χ4v) is 5.84. The Morgan fingerprint density at radius 2 is 2.10 bits per heavy atom. The van der Waals surface area contributed by atoms with E-state index < -0.39 is 15.4 Å². The minimum atomic E-state index is -3.36. The summed E-state index contributed by atoms with van der Waals surface area (Å²) in [6, 6.07) is 0. The van der Waals surface area contributed by atoms with Crippen molar-refractivity contribution in [2.45, 2.75) is 54.8 Å². The Labute approximate surface area is 129 Å². The van der Waals surface area contributed by atoms with Crippen LogP contribution >= 0.6 is 11.5 Å². The maximum atomic E-state index is 12.6. The first kappa shape index (κ1) is 15.1. The third-order valence-corrected chi connectivity index (χ3v) is 7.63. The van der Waals surface area contributed by atoms with E-state index in [1.165, 1.54) is 0 Å². The van der Waals surface area contributed by atoms with Crippen LogP contribution in [0.2, 0.25) is 0 Å². The number of aromatic nitrogens is 1. The van der Waals surface area contributed by atoms with Gasteiger partial charge < -0.3 is 15.7 Å². The number of hydrogen-bond donors (Lipinski definition) is 2. The van der Waals surface area contributed by atoms with E-state index in [2.05, 4.69) is 4.37 Å². The Balaban J connectivity index is 1.93. The molecule has 1 unspecified atom stereocenters. The maximum Gasteiger partial charge on any atom is 0.187 e. The predicted molar refractivity (Wildman–Crippen MR) is 83.4 cm³/mol. The van der Waals surface area contributed by atoms with E-state index in [1.807, 2.05) is 11.8 Å². The molecule has 0 spiro atoms. The summed E-state index contributed by atoms with van der Waals surface area (Å²) < 4.78 is 29.2. The van der Waals surface area contributed by atoms with Gasteiger partial charge in [-0.3, -0.25) is 0 Å². The molecule has 1 saturated carbocycles. The van der Waals surface area contributed by atoms with E-state index in [0.29, 0.717) is 30.8 Å². The van der Waals surface area contributed by atoms with Crippen molar-refractivity contribution in [3.63, 3.8) is 0 Å². The number of anilines is 2.